The molecular formula is C14H27N3O2. The van der Waals surface area contributed by atoms with Crippen molar-refractivity contribution in [2.24, 2.45) is 0 Å². The lowest BCUT2D eigenvalue weighted by Gasteiger charge is -2.13. The predicted octanol–water partition coefficient (Wildman–Crippen LogP) is 0.940. The molecule has 3 N–H and O–H groups in total. The second kappa shape index (κ2) is 8.91. The Bertz CT molecular complexity index is 288. The summed E-state index contributed by atoms with van der Waals surface area (Å²) < 4.78 is 0. The summed E-state index contributed by atoms with van der Waals surface area (Å²) in [6.07, 6.45) is 6.13. The number of hydrogen-bond donors (Lipinski definition) is 3. The molecule has 1 fully saturated rings. The lowest BCUT2D eigenvalue weighted by molar-refractivity contribution is -0.122. The van der Waals surface area contributed by atoms with Crippen LogP contribution in [0.2, 0.25) is 0 Å². The van der Waals surface area contributed by atoms with Gasteiger partial charge in [-0.1, -0.05) is 19.8 Å². The third kappa shape index (κ3) is 7.15. The summed E-state index contributed by atoms with van der Waals surface area (Å²) in [6.45, 7) is 4.77. The van der Waals surface area contributed by atoms with Gasteiger partial charge in [0.1, 0.15) is 0 Å². The number of nitrogens with one attached hydrogen (secondary N) is 3. The van der Waals surface area contributed by atoms with Crippen LogP contribution in [0.3, 0.4) is 0 Å². The first-order valence-corrected chi connectivity index (χ1v) is 7.41. The minimum absolute atomic E-state index is 0.00148. The SMILES string of the molecule is CCC(C)NC(=O)CCNC(=O)CNC1CCCC1. The maximum absolute atomic E-state index is 11.6. The summed E-state index contributed by atoms with van der Waals surface area (Å²) in [5.74, 6) is -0.0263. The Balaban J connectivity index is 2.01. The van der Waals surface area contributed by atoms with E-state index in [1.807, 2.05) is 13.8 Å². The van der Waals surface area contributed by atoms with Crippen LogP contribution in [0, 0.1) is 0 Å². The van der Waals surface area contributed by atoms with E-state index in [2.05, 4.69) is 16.0 Å². The van der Waals surface area contributed by atoms with E-state index in [9.17, 15) is 9.59 Å². The van der Waals surface area contributed by atoms with Gasteiger partial charge in [-0.15, -0.1) is 0 Å². The van der Waals surface area contributed by atoms with E-state index in [4.69, 9.17) is 0 Å². The van der Waals surface area contributed by atoms with Crippen LogP contribution in [0.5, 0.6) is 0 Å². The number of carbonyl (C=O) groups excluding carboxylic acids is 2. The second-order valence-corrected chi connectivity index (χ2v) is 5.34. The second-order valence-electron chi connectivity index (χ2n) is 5.34. The van der Waals surface area contributed by atoms with Crippen molar-refractivity contribution in [3.8, 4) is 0 Å². The molecule has 5 nitrogen and oxygen atoms in total. The molecule has 0 saturated heterocycles. The van der Waals surface area contributed by atoms with Crippen molar-refractivity contribution in [3.63, 3.8) is 0 Å². The third-order valence-corrected chi connectivity index (χ3v) is 3.60. The molecule has 1 atom stereocenters. The highest BCUT2D eigenvalue weighted by molar-refractivity contribution is 5.80. The molecule has 110 valence electrons. The van der Waals surface area contributed by atoms with Crippen LogP contribution >= 0.6 is 0 Å². The fraction of sp³-hybridized carbons (Fsp3) is 0.857. The maximum Gasteiger partial charge on any atom is 0.233 e. The van der Waals surface area contributed by atoms with Crippen LogP contribution in [0.15, 0.2) is 0 Å². The monoisotopic (exact) mass is 269 g/mol. The molecule has 0 aromatic heterocycles. The van der Waals surface area contributed by atoms with Gasteiger partial charge in [0.25, 0.3) is 0 Å². The quantitative estimate of drug-likeness (QED) is 0.614. The Morgan fingerprint density at radius 3 is 2.53 bits per heavy atom. The van der Waals surface area contributed by atoms with Crippen molar-refractivity contribution >= 4 is 11.8 Å². The van der Waals surface area contributed by atoms with E-state index in [0.29, 0.717) is 25.6 Å². The summed E-state index contributed by atoms with van der Waals surface area (Å²) in [7, 11) is 0. The van der Waals surface area contributed by atoms with Crippen molar-refractivity contribution in [1.29, 1.82) is 0 Å². The third-order valence-electron chi connectivity index (χ3n) is 3.60. The van der Waals surface area contributed by atoms with E-state index >= 15 is 0 Å². The van der Waals surface area contributed by atoms with E-state index in [-0.39, 0.29) is 17.9 Å². The van der Waals surface area contributed by atoms with Crippen molar-refractivity contribution in [1.82, 2.24) is 16.0 Å². The first-order valence-electron chi connectivity index (χ1n) is 7.41. The Morgan fingerprint density at radius 2 is 1.89 bits per heavy atom. The van der Waals surface area contributed by atoms with E-state index in [0.717, 1.165) is 6.42 Å². The fourth-order valence-electron chi connectivity index (χ4n) is 2.19. The Labute approximate surface area is 115 Å². The molecule has 0 aliphatic heterocycles. The predicted molar refractivity (Wildman–Crippen MR) is 75.8 cm³/mol. The Hall–Kier alpha value is -1.10. The summed E-state index contributed by atoms with van der Waals surface area (Å²) in [4.78, 5) is 23.0. The molecule has 1 rings (SSSR count). The van der Waals surface area contributed by atoms with Crippen molar-refractivity contribution in [3.05, 3.63) is 0 Å². The smallest absolute Gasteiger partial charge is 0.233 e. The van der Waals surface area contributed by atoms with E-state index in [1.165, 1.54) is 25.7 Å². The van der Waals surface area contributed by atoms with Gasteiger partial charge in [0, 0.05) is 25.0 Å². The lowest BCUT2D eigenvalue weighted by atomic mass is 10.2. The van der Waals surface area contributed by atoms with Gasteiger partial charge in [-0.25, -0.2) is 0 Å². The first kappa shape index (κ1) is 16.0. The van der Waals surface area contributed by atoms with Crippen LogP contribution in [-0.2, 0) is 9.59 Å². The molecule has 0 spiro atoms. The highest BCUT2D eigenvalue weighted by atomic mass is 16.2. The summed E-state index contributed by atoms with van der Waals surface area (Å²) in [5.41, 5.74) is 0. The summed E-state index contributed by atoms with van der Waals surface area (Å²) in [5, 5.41) is 8.89. The molecule has 2 amide bonds. The number of carbonyl (C=O) groups is 2. The molecule has 1 unspecified atom stereocenters. The zero-order chi connectivity index (χ0) is 14.1. The highest BCUT2D eigenvalue weighted by Gasteiger charge is 2.15. The van der Waals surface area contributed by atoms with Crippen molar-refractivity contribution in [2.45, 2.75) is 64.5 Å². The largest absolute Gasteiger partial charge is 0.354 e. The molecule has 19 heavy (non-hydrogen) atoms. The average molecular weight is 269 g/mol. The van der Waals surface area contributed by atoms with Crippen LogP contribution in [0.1, 0.15) is 52.4 Å². The zero-order valence-electron chi connectivity index (χ0n) is 12.1. The molecule has 0 aromatic rings. The molecule has 1 aliphatic rings. The molecule has 1 aliphatic carbocycles. The van der Waals surface area contributed by atoms with Gasteiger partial charge in [-0.3, -0.25) is 9.59 Å². The van der Waals surface area contributed by atoms with Gasteiger partial charge in [0.15, 0.2) is 0 Å². The lowest BCUT2D eigenvalue weighted by Crippen LogP contribution is -2.40. The van der Waals surface area contributed by atoms with E-state index < -0.39 is 0 Å². The van der Waals surface area contributed by atoms with Crippen LogP contribution < -0.4 is 16.0 Å². The standard InChI is InChI=1S/C14H27N3O2/c1-3-11(2)17-13(18)8-9-15-14(19)10-16-12-6-4-5-7-12/h11-12,16H,3-10H2,1-2H3,(H,15,19)(H,17,18). The molecule has 0 bridgehead atoms. The maximum atomic E-state index is 11.6. The molecule has 0 heterocycles. The first-order chi connectivity index (χ1) is 9.11. The van der Waals surface area contributed by atoms with Crippen molar-refractivity contribution < 1.29 is 9.59 Å². The normalized spacial score (nSPS) is 17.2. The van der Waals surface area contributed by atoms with Crippen molar-refractivity contribution in [2.75, 3.05) is 13.1 Å². The number of hydrogen-bond acceptors (Lipinski definition) is 3. The minimum Gasteiger partial charge on any atom is -0.354 e. The number of amides is 2. The highest BCUT2D eigenvalue weighted by Crippen LogP contribution is 2.17. The van der Waals surface area contributed by atoms with Crippen LogP contribution in [-0.4, -0.2) is 37.0 Å². The van der Waals surface area contributed by atoms with Crippen LogP contribution in [0.4, 0.5) is 0 Å². The van der Waals surface area contributed by atoms with Gasteiger partial charge in [0.2, 0.25) is 11.8 Å². The van der Waals surface area contributed by atoms with E-state index in [1.54, 1.807) is 0 Å². The summed E-state index contributed by atoms with van der Waals surface area (Å²) >= 11 is 0. The fourth-order valence-corrected chi connectivity index (χ4v) is 2.19. The molecule has 1 saturated carbocycles. The molecule has 5 heteroatoms. The van der Waals surface area contributed by atoms with Gasteiger partial charge < -0.3 is 16.0 Å². The van der Waals surface area contributed by atoms with Crippen LogP contribution in [0.25, 0.3) is 0 Å². The average Bonchev–Trinajstić information content (AvgIpc) is 2.89. The van der Waals surface area contributed by atoms with Gasteiger partial charge in [-0.05, 0) is 26.2 Å². The van der Waals surface area contributed by atoms with Gasteiger partial charge >= 0.3 is 0 Å². The zero-order valence-corrected chi connectivity index (χ0v) is 12.1. The van der Waals surface area contributed by atoms with Gasteiger partial charge in [-0.2, -0.15) is 0 Å². The molecule has 0 radical (unpaired) electrons. The Morgan fingerprint density at radius 1 is 1.21 bits per heavy atom. The number of rotatable bonds is 8. The topological polar surface area (TPSA) is 70.2 Å². The van der Waals surface area contributed by atoms with Gasteiger partial charge in [0.05, 0.1) is 6.54 Å². The Kier molecular flexibility index (Phi) is 7.48. The minimum atomic E-state index is -0.0248. The summed E-state index contributed by atoms with van der Waals surface area (Å²) in [6, 6.07) is 0.701. The molecule has 0 aromatic carbocycles. The molecular weight excluding hydrogens is 242 g/mol.